The highest BCUT2D eigenvalue weighted by atomic mass is 35.5. The fourth-order valence-electron chi connectivity index (χ4n) is 3.74. The van der Waals surface area contributed by atoms with E-state index in [0.717, 1.165) is 24.9 Å². The lowest BCUT2D eigenvalue weighted by Crippen LogP contribution is -2.39. The van der Waals surface area contributed by atoms with Gasteiger partial charge in [0.1, 0.15) is 0 Å². The van der Waals surface area contributed by atoms with Crippen molar-refractivity contribution in [2.24, 2.45) is 5.73 Å². The average Bonchev–Trinajstić information content (AvgIpc) is 3.15. The molecule has 1 atom stereocenters. The van der Waals surface area contributed by atoms with Crippen LogP contribution in [-0.4, -0.2) is 43.8 Å². The van der Waals surface area contributed by atoms with Crippen molar-refractivity contribution in [3.63, 3.8) is 0 Å². The van der Waals surface area contributed by atoms with E-state index in [1.807, 2.05) is 17.0 Å². The fourth-order valence-corrected chi connectivity index (χ4v) is 5.22. The Labute approximate surface area is 193 Å². The zero-order valence-electron chi connectivity index (χ0n) is 18.0. The molecule has 1 aliphatic rings. The maximum Gasteiger partial charge on any atom is 0.257 e. The highest BCUT2D eigenvalue weighted by Crippen LogP contribution is 2.24. The van der Waals surface area contributed by atoms with Crippen LogP contribution in [0, 0.1) is 0 Å². The smallest absolute Gasteiger partial charge is 0.257 e. The molecule has 1 unspecified atom stereocenters. The minimum absolute atomic E-state index is 0.0407. The number of nitrogens with two attached hydrogens (primary N) is 1. The number of benzene rings is 2. The van der Waals surface area contributed by atoms with E-state index in [0.29, 0.717) is 12.2 Å². The number of nitrogens with zero attached hydrogens (tertiary/aromatic N) is 1. The first-order valence-electron chi connectivity index (χ1n) is 10.3. The minimum atomic E-state index is -3.77. The van der Waals surface area contributed by atoms with E-state index in [1.165, 1.54) is 18.2 Å². The zero-order chi connectivity index (χ0) is 23.5. The lowest BCUT2D eigenvalue weighted by atomic mass is 10.1. The first kappa shape index (κ1) is 24.2. The van der Waals surface area contributed by atoms with E-state index in [4.69, 9.17) is 17.3 Å². The highest BCUT2D eigenvalue weighted by Gasteiger charge is 2.28. The van der Waals surface area contributed by atoms with E-state index in [9.17, 15) is 18.0 Å². The molecule has 0 spiro atoms. The molecule has 3 rings (SSSR count). The number of carbonyl (C=O) groups is 2. The number of carbonyl (C=O) groups excluding carboxylic acids is 2. The Bertz CT molecular complexity index is 1120. The quantitative estimate of drug-likeness (QED) is 0.538. The molecule has 172 valence electrons. The number of hydrogen-bond donors (Lipinski definition) is 3. The summed E-state index contributed by atoms with van der Waals surface area (Å²) in [5, 5.41) is 2.91. The average molecular weight is 479 g/mol. The molecule has 0 saturated carbocycles. The second kappa shape index (κ2) is 9.99. The number of anilines is 1. The van der Waals surface area contributed by atoms with Gasteiger partial charge in [-0.25, -0.2) is 13.1 Å². The molecule has 1 heterocycles. The molecule has 10 heteroatoms. The van der Waals surface area contributed by atoms with Crippen LogP contribution in [0.1, 0.15) is 42.6 Å². The fraction of sp³-hybridized carbons (Fsp3) is 0.364. The molecule has 1 saturated heterocycles. The van der Waals surface area contributed by atoms with Gasteiger partial charge < -0.3 is 11.1 Å². The third-order valence-corrected chi connectivity index (χ3v) is 7.13. The predicted molar refractivity (Wildman–Crippen MR) is 124 cm³/mol. The Morgan fingerprint density at radius 2 is 1.97 bits per heavy atom. The molecule has 4 N–H and O–H groups in total. The van der Waals surface area contributed by atoms with E-state index in [-0.39, 0.29) is 33.5 Å². The lowest BCUT2D eigenvalue weighted by molar-refractivity contribution is -0.122. The summed E-state index contributed by atoms with van der Waals surface area (Å²) in [6.07, 6.45) is 1.66. The molecule has 1 aliphatic heterocycles. The minimum Gasteiger partial charge on any atom is -0.368 e. The van der Waals surface area contributed by atoms with Crippen LogP contribution < -0.4 is 15.8 Å². The van der Waals surface area contributed by atoms with Gasteiger partial charge in [-0.15, -0.1) is 0 Å². The summed E-state index contributed by atoms with van der Waals surface area (Å²) in [4.78, 5) is 26.5. The van der Waals surface area contributed by atoms with Crippen molar-refractivity contribution < 1.29 is 18.0 Å². The molecule has 0 aromatic heterocycles. The topological polar surface area (TPSA) is 122 Å². The van der Waals surface area contributed by atoms with Crippen molar-refractivity contribution in [2.45, 2.75) is 50.2 Å². The maximum atomic E-state index is 12.9. The van der Waals surface area contributed by atoms with Crippen LogP contribution in [0.25, 0.3) is 0 Å². The zero-order valence-corrected chi connectivity index (χ0v) is 19.5. The Morgan fingerprint density at radius 3 is 2.66 bits per heavy atom. The number of primary amides is 1. The Hall–Kier alpha value is -2.46. The molecular formula is C22H27ClN4O4S. The predicted octanol–water partition coefficient (Wildman–Crippen LogP) is 2.73. The SMILES string of the molecule is CC(C)NS(=O)(=O)c1ccc(Cl)c(C(=O)Nc2cccc(CN3CCCC3C(N)=O)c2)c1. The molecule has 0 radical (unpaired) electrons. The van der Waals surface area contributed by atoms with Crippen LogP contribution in [0.4, 0.5) is 5.69 Å². The molecule has 2 aromatic rings. The summed E-state index contributed by atoms with van der Waals surface area (Å²) in [5.74, 6) is -0.853. The summed E-state index contributed by atoms with van der Waals surface area (Å²) in [6, 6.07) is 10.7. The summed E-state index contributed by atoms with van der Waals surface area (Å²) in [7, 11) is -3.77. The largest absolute Gasteiger partial charge is 0.368 e. The van der Waals surface area contributed by atoms with Crippen LogP contribution in [0.3, 0.4) is 0 Å². The summed E-state index contributed by atoms with van der Waals surface area (Å²) in [5.41, 5.74) is 6.99. The normalized spacial score (nSPS) is 16.9. The summed E-state index contributed by atoms with van der Waals surface area (Å²) in [6.45, 7) is 4.74. The van der Waals surface area contributed by atoms with Crippen molar-refractivity contribution in [2.75, 3.05) is 11.9 Å². The summed E-state index contributed by atoms with van der Waals surface area (Å²) < 4.78 is 27.4. The number of nitrogens with one attached hydrogen (secondary N) is 2. The van der Waals surface area contributed by atoms with Crippen molar-refractivity contribution >= 4 is 39.1 Å². The highest BCUT2D eigenvalue weighted by molar-refractivity contribution is 7.89. The monoisotopic (exact) mass is 478 g/mol. The molecule has 2 amide bonds. The van der Waals surface area contributed by atoms with Gasteiger partial charge in [0.15, 0.2) is 0 Å². The van der Waals surface area contributed by atoms with Gasteiger partial charge in [0.25, 0.3) is 5.91 Å². The molecule has 0 aliphatic carbocycles. The lowest BCUT2D eigenvalue weighted by Gasteiger charge is -2.22. The first-order chi connectivity index (χ1) is 15.1. The van der Waals surface area contributed by atoms with Crippen LogP contribution >= 0.6 is 11.6 Å². The van der Waals surface area contributed by atoms with Gasteiger partial charge in [-0.3, -0.25) is 14.5 Å². The summed E-state index contributed by atoms with van der Waals surface area (Å²) >= 11 is 6.18. The van der Waals surface area contributed by atoms with Gasteiger partial charge in [0, 0.05) is 18.3 Å². The van der Waals surface area contributed by atoms with Gasteiger partial charge in [-0.05, 0) is 69.1 Å². The van der Waals surface area contributed by atoms with E-state index in [2.05, 4.69) is 10.0 Å². The molecule has 32 heavy (non-hydrogen) atoms. The van der Waals surface area contributed by atoms with Gasteiger partial charge in [-0.1, -0.05) is 23.7 Å². The number of hydrogen-bond acceptors (Lipinski definition) is 5. The van der Waals surface area contributed by atoms with Gasteiger partial charge in [-0.2, -0.15) is 0 Å². The van der Waals surface area contributed by atoms with E-state index in [1.54, 1.807) is 26.0 Å². The Morgan fingerprint density at radius 1 is 1.22 bits per heavy atom. The van der Waals surface area contributed by atoms with Crippen molar-refractivity contribution in [1.82, 2.24) is 9.62 Å². The second-order valence-electron chi connectivity index (χ2n) is 8.10. The third kappa shape index (κ3) is 5.86. The Kier molecular flexibility index (Phi) is 7.55. The van der Waals surface area contributed by atoms with Crippen molar-refractivity contribution in [3.8, 4) is 0 Å². The number of sulfonamides is 1. The second-order valence-corrected chi connectivity index (χ2v) is 10.2. The molecule has 0 bridgehead atoms. The molecular weight excluding hydrogens is 452 g/mol. The maximum absolute atomic E-state index is 12.9. The first-order valence-corrected chi connectivity index (χ1v) is 12.2. The van der Waals surface area contributed by atoms with Gasteiger partial charge in [0.05, 0.1) is 21.5 Å². The standard InChI is InChI=1S/C22H27ClN4O4S/c1-14(2)26-32(30,31)17-8-9-19(23)18(12-17)22(29)25-16-6-3-5-15(11-16)13-27-10-4-7-20(27)21(24)28/h3,5-6,8-9,11-12,14,20,26H,4,7,10,13H2,1-2H3,(H2,24,28)(H,25,29). The molecule has 2 aromatic carbocycles. The van der Waals surface area contributed by atoms with E-state index < -0.39 is 15.9 Å². The Balaban J connectivity index is 1.77. The van der Waals surface area contributed by atoms with Crippen molar-refractivity contribution in [3.05, 3.63) is 58.6 Å². The van der Waals surface area contributed by atoms with E-state index >= 15 is 0 Å². The van der Waals surface area contributed by atoms with Crippen molar-refractivity contribution in [1.29, 1.82) is 0 Å². The van der Waals surface area contributed by atoms with Gasteiger partial charge in [0.2, 0.25) is 15.9 Å². The molecule has 8 nitrogen and oxygen atoms in total. The number of rotatable bonds is 8. The molecule has 1 fully saturated rings. The number of likely N-dealkylation sites (tertiary alicyclic amines) is 1. The number of amides is 2. The third-order valence-electron chi connectivity index (χ3n) is 5.15. The van der Waals surface area contributed by atoms with Gasteiger partial charge >= 0.3 is 0 Å². The van der Waals surface area contributed by atoms with Crippen LogP contribution in [0.2, 0.25) is 5.02 Å². The van der Waals surface area contributed by atoms with Crippen LogP contribution in [0.15, 0.2) is 47.4 Å². The van der Waals surface area contributed by atoms with Crippen LogP contribution in [-0.2, 0) is 21.4 Å². The number of halogens is 1. The van der Waals surface area contributed by atoms with Crippen LogP contribution in [0.5, 0.6) is 0 Å².